The molecule has 182 valence electrons. The van der Waals surface area contributed by atoms with E-state index in [1.54, 1.807) is 37.3 Å². The molecule has 0 saturated carbocycles. The van der Waals surface area contributed by atoms with Crippen molar-refractivity contribution >= 4 is 29.0 Å². The third kappa shape index (κ3) is 5.96. The Morgan fingerprint density at radius 3 is 2.37 bits per heavy atom. The van der Waals surface area contributed by atoms with Crippen molar-refractivity contribution in [3.05, 3.63) is 83.0 Å². The number of aryl methyl sites for hydroxylation is 1. The van der Waals surface area contributed by atoms with Gasteiger partial charge in [0.1, 0.15) is 5.82 Å². The van der Waals surface area contributed by atoms with Gasteiger partial charge in [0.25, 0.3) is 11.8 Å². The summed E-state index contributed by atoms with van der Waals surface area (Å²) in [6.45, 7) is 4.51. The first-order chi connectivity index (χ1) is 16.7. The summed E-state index contributed by atoms with van der Waals surface area (Å²) in [5, 5.41) is 5.37. The second-order valence-electron chi connectivity index (χ2n) is 8.02. The number of amides is 2. The summed E-state index contributed by atoms with van der Waals surface area (Å²) in [5.41, 5.74) is 0.851. The summed E-state index contributed by atoms with van der Waals surface area (Å²) in [6, 6.07) is 12.5. The van der Waals surface area contributed by atoms with Crippen LogP contribution in [0.4, 0.5) is 30.4 Å². The van der Waals surface area contributed by atoms with Crippen LogP contribution in [0, 0.1) is 6.92 Å². The van der Waals surface area contributed by atoms with Crippen LogP contribution in [0.15, 0.2) is 60.8 Å². The number of halogens is 3. The molecule has 1 fully saturated rings. The predicted molar refractivity (Wildman–Crippen MR) is 126 cm³/mol. The molecule has 0 aliphatic carbocycles. The topological polar surface area (TPSA) is 83.6 Å². The summed E-state index contributed by atoms with van der Waals surface area (Å²) < 4.78 is 44.2. The molecule has 0 atom stereocenters. The minimum Gasteiger partial charge on any atom is -0.378 e. The molecule has 2 aromatic carbocycles. The van der Waals surface area contributed by atoms with Crippen molar-refractivity contribution in [2.45, 2.75) is 13.1 Å². The molecule has 0 radical (unpaired) electrons. The molecular formula is C25H23F3N4O3. The maximum Gasteiger partial charge on any atom is 0.416 e. The maximum atomic E-state index is 13.0. The van der Waals surface area contributed by atoms with Crippen molar-refractivity contribution in [3.8, 4) is 0 Å². The zero-order valence-electron chi connectivity index (χ0n) is 18.9. The van der Waals surface area contributed by atoms with E-state index in [4.69, 9.17) is 4.74 Å². The number of benzene rings is 2. The number of carbonyl (C=O) groups excluding carboxylic acids is 2. The van der Waals surface area contributed by atoms with Crippen LogP contribution in [0.1, 0.15) is 31.8 Å². The highest BCUT2D eigenvalue weighted by molar-refractivity contribution is 6.06. The van der Waals surface area contributed by atoms with Crippen LogP contribution in [0.5, 0.6) is 0 Å². The van der Waals surface area contributed by atoms with Gasteiger partial charge in [-0.05, 0) is 55.0 Å². The van der Waals surface area contributed by atoms with Gasteiger partial charge < -0.3 is 20.3 Å². The first-order valence-electron chi connectivity index (χ1n) is 10.9. The lowest BCUT2D eigenvalue weighted by Crippen LogP contribution is -2.36. The van der Waals surface area contributed by atoms with Gasteiger partial charge in [-0.3, -0.25) is 9.59 Å². The third-order valence-electron chi connectivity index (χ3n) is 5.54. The van der Waals surface area contributed by atoms with Crippen molar-refractivity contribution in [2.24, 2.45) is 0 Å². The van der Waals surface area contributed by atoms with Crippen LogP contribution in [0.3, 0.4) is 0 Å². The van der Waals surface area contributed by atoms with Crippen LogP contribution in [0.2, 0.25) is 0 Å². The highest BCUT2D eigenvalue weighted by atomic mass is 19.4. The highest BCUT2D eigenvalue weighted by Gasteiger charge is 2.31. The molecule has 4 rings (SSSR count). The first-order valence-corrected chi connectivity index (χ1v) is 10.9. The van der Waals surface area contributed by atoms with Crippen molar-refractivity contribution in [3.63, 3.8) is 0 Å². The summed E-state index contributed by atoms with van der Waals surface area (Å²) in [5.74, 6) is -0.309. The molecule has 0 spiro atoms. The molecule has 1 saturated heterocycles. The molecule has 7 nitrogen and oxygen atoms in total. The van der Waals surface area contributed by atoms with Crippen molar-refractivity contribution in [1.82, 2.24) is 4.98 Å². The Kier molecular flexibility index (Phi) is 7.02. The van der Waals surface area contributed by atoms with Crippen LogP contribution < -0.4 is 15.5 Å². The number of aromatic nitrogens is 1. The number of hydrogen-bond donors (Lipinski definition) is 2. The van der Waals surface area contributed by atoms with E-state index in [1.165, 1.54) is 18.3 Å². The normalized spacial score (nSPS) is 13.9. The number of carbonyl (C=O) groups is 2. The van der Waals surface area contributed by atoms with Crippen molar-refractivity contribution in [2.75, 3.05) is 41.8 Å². The van der Waals surface area contributed by atoms with E-state index in [2.05, 4.69) is 20.5 Å². The Balaban J connectivity index is 1.44. The fraction of sp³-hybridized carbons (Fsp3) is 0.240. The highest BCUT2D eigenvalue weighted by Crippen LogP contribution is 2.30. The second-order valence-corrected chi connectivity index (χ2v) is 8.02. The van der Waals surface area contributed by atoms with Gasteiger partial charge >= 0.3 is 6.18 Å². The van der Waals surface area contributed by atoms with Crippen LogP contribution in [0.25, 0.3) is 0 Å². The van der Waals surface area contributed by atoms with Gasteiger partial charge in [0.2, 0.25) is 0 Å². The number of anilines is 3. The van der Waals surface area contributed by atoms with E-state index in [0.717, 1.165) is 36.6 Å². The Morgan fingerprint density at radius 1 is 0.943 bits per heavy atom. The van der Waals surface area contributed by atoms with Crippen LogP contribution >= 0.6 is 0 Å². The van der Waals surface area contributed by atoms with E-state index >= 15 is 0 Å². The fourth-order valence-electron chi connectivity index (χ4n) is 3.57. The number of pyridine rings is 1. The Morgan fingerprint density at radius 2 is 1.69 bits per heavy atom. The summed E-state index contributed by atoms with van der Waals surface area (Å²) in [6.07, 6.45) is -3.05. The number of nitrogens with zero attached hydrogens (tertiary/aromatic N) is 2. The lowest BCUT2D eigenvalue weighted by molar-refractivity contribution is -0.137. The number of ether oxygens (including phenoxy) is 1. The van der Waals surface area contributed by atoms with Crippen molar-refractivity contribution < 1.29 is 27.5 Å². The lowest BCUT2D eigenvalue weighted by Gasteiger charge is -2.27. The van der Waals surface area contributed by atoms with Crippen LogP contribution in [-0.2, 0) is 10.9 Å². The SMILES string of the molecule is Cc1ccc(NC(=O)c2cccc(C(F)(F)F)c2)cc1NC(=O)c1ccc(N2CCOCC2)nc1. The third-order valence-corrected chi connectivity index (χ3v) is 5.54. The number of hydrogen-bond acceptors (Lipinski definition) is 5. The molecule has 10 heteroatoms. The monoisotopic (exact) mass is 484 g/mol. The van der Waals surface area contributed by atoms with Gasteiger partial charge in [-0.1, -0.05) is 12.1 Å². The second kappa shape index (κ2) is 10.1. The minimum absolute atomic E-state index is 0.127. The van der Waals surface area contributed by atoms with E-state index in [1.807, 2.05) is 0 Å². The lowest BCUT2D eigenvalue weighted by atomic mass is 10.1. The van der Waals surface area contributed by atoms with Gasteiger partial charge in [-0.15, -0.1) is 0 Å². The largest absolute Gasteiger partial charge is 0.416 e. The molecule has 1 aliphatic rings. The Labute approximate surface area is 199 Å². The number of morpholine rings is 1. The number of rotatable bonds is 5. The standard InChI is InChI=1S/C25H23F3N4O3/c1-16-5-7-20(30-23(33)17-3-2-4-19(13-17)25(26,27)28)14-21(16)31-24(34)18-6-8-22(29-15-18)32-9-11-35-12-10-32/h2-8,13-15H,9-12H2,1H3,(H,30,33)(H,31,34). The molecule has 35 heavy (non-hydrogen) atoms. The molecular weight excluding hydrogens is 461 g/mol. The van der Waals surface area contributed by atoms with Gasteiger partial charge in [-0.2, -0.15) is 13.2 Å². The smallest absolute Gasteiger partial charge is 0.378 e. The average Bonchev–Trinajstić information content (AvgIpc) is 2.86. The van der Waals surface area contributed by atoms with Gasteiger partial charge in [0.05, 0.1) is 24.3 Å². The van der Waals surface area contributed by atoms with E-state index < -0.39 is 17.6 Å². The zero-order chi connectivity index (χ0) is 25.0. The molecule has 1 aliphatic heterocycles. The van der Waals surface area contributed by atoms with E-state index in [9.17, 15) is 22.8 Å². The average molecular weight is 484 g/mol. The summed E-state index contributed by atoms with van der Waals surface area (Å²) in [4.78, 5) is 31.7. The molecule has 2 amide bonds. The number of nitrogens with one attached hydrogen (secondary N) is 2. The Hall–Kier alpha value is -3.92. The van der Waals surface area contributed by atoms with E-state index in [0.29, 0.717) is 30.2 Å². The summed E-state index contributed by atoms with van der Waals surface area (Å²) in [7, 11) is 0. The maximum absolute atomic E-state index is 13.0. The van der Waals surface area contributed by atoms with Gasteiger partial charge in [-0.25, -0.2) is 4.98 Å². The number of alkyl halides is 3. The zero-order valence-corrected chi connectivity index (χ0v) is 18.9. The molecule has 0 unspecified atom stereocenters. The summed E-state index contributed by atoms with van der Waals surface area (Å²) >= 11 is 0. The predicted octanol–water partition coefficient (Wildman–Crippen LogP) is 4.75. The van der Waals surface area contributed by atoms with Gasteiger partial charge in [0.15, 0.2) is 0 Å². The molecule has 3 aromatic rings. The van der Waals surface area contributed by atoms with Crippen molar-refractivity contribution in [1.29, 1.82) is 0 Å². The minimum atomic E-state index is -4.55. The fourth-order valence-corrected chi connectivity index (χ4v) is 3.57. The van der Waals surface area contributed by atoms with E-state index in [-0.39, 0.29) is 11.5 Å². The molecule has 2 N–H and O–H groups in total. The first kappa shape index (κ1) is 24.2. The molecule has 2 heterocycles. The molecule has 0 bridgehead atoms. The Bertz CT molecular complexity index is 1220. The van der Waals surface area contributed by atoms with Gasteiger partial charge in [0, 0.05) is 36.2 Å². The molecule has 1 aromatic heterocycles. The van der Waals surface area contributed by atoms with Crippen LogP contribution in [-0.4, -0.2) is 43.1 Å². The quantitative estimate of drug-likeness (QED) is 0.546.